The molecule has 10 nitrogen and oxygen atoms in total. The molecule has 0 spiro atoms. The molecule has 7 rings (SSSR count). The Morgan fingerprint density at radius 1 is 0.816 bits per heavy atom. The fourth-order valence-corrected chi connectivity index (χ4v) is 6.45. The van der Waals surface area contributed by atoms with E-state index in [4.69, 9.17) is 11.6 Å². The van der Waals surface area contributed by atoms with Gasteiger partial charge < -0.3 is 20.4 Å². The number of aryl methyl sites for hydroxylation is 1. The highest BCUT2D eigenvalue weighted by Crippen LogP contribution is 2.48. The van der Waals surface area contributed by atoms with Crippen LogP contribution in [0.4, 0.5) is 27.1 Å². The van der Waals surface area contributed by atoms with Crippen LogP contribution >= 0.6 is 11.6 Å². The van der Waals surface area contributed by atoms with Crippen LogP contribution in [-0.2, 0) is 20.4 Å². The van der Waals surface area contributed by atoms with Crippen LogP contribution in [0.2, 0.25) is 5.02 Å². The summed E-state index contributed by atoms with van der Waals surface area (Å²) in [5.74, 6) is -1.24. The number of benzene rings is 2. The number of hydrogen-bond acceptors (Lipinski definition) is 6. The maximum Gasteiger partial charge on any atom is 0.255 e. The third-order valence-corrected chi connectivity index (χ3v) is 9.55. The molecule has 2 aliphatic heterocycles. The number of hydrogen-bond donors (Lipinski definition) is 2. The average Bonchev–Trinajstić information content (AvgIpc) is 3.86. The van der Waals surface area contributed by atoms with Gasteiger partial charge in [0.2, 0.25) is 11.8 Å². The molecule has 0 radical (unpaired) electrons. The fraction of sp³-hybridized carbons (Fsp3) is 0.297. The van der Waals surface area contributed by atoms with E-state index >= 15 is 0 Å². The van der Waals surface area contributed by atoms with Crippen molar-refractivity contribution in [3.05, 3.63) is 106 Å². The topological polar surface area (TPSA) is 125 Å². The van der Waals surface area contributed by atoms with Gasteiger partial charge in [-0.05, 0) is 107 Å². The summed E-state index contributed by atoms with van der Waals surface area (Å²) in [6, 6.07) is 13.1. The molecule has 0 unspecified atom stereocenters. The Morgan fingerprint density at radius 2 is 1.39 bits per heavy atom. The van der Waals surface area contributed by atoms with Gasteiger partial charge in [0.05, 0.1) is 32.9 Å². The van der Waals surface area contributed by atoms with Gasteiger partial charge in [-0.25, -0.2) is 4.39 Å². The number of pyridine rings is 2. The maximum atomic E-state index is 14.6. The number of rotatable bonds is 5. The van der Waals surface area contributed by atoms with Crippen LogP contribution in [0.3, 0.4) is 0 Å². The molecule has 4 aromatic rings. The summed E-state index contributed by atoms with van der Waals surface area (Å²) in [7, 11) is 1.72. The molecule has 2 aromatic carbocycles. The number of carbonyl (C=O) groups excluding carboxylic acids is 4. The van der Waals surface area contributed by atoms with Crippen molar-refractivity contribution in [2.24, 2.45) is 0 Å². The summed E-state index contributed by atoms with van der Waals surface area (Å²) in [5, 5.41) is 5.81. The highest BCUT2D eigenvalue weighted by Gasteiger charge is 2.49. The van der Waals surface area contributed by atoms with Gasteiger partial charge in [0, 0.05) is 54.2 Å². The quantitative estimate of drug-likeness (QED) is 0.238. The minimum atomic E-state index is -0.758. The first-order chi connectivity index (χ1) is 23.1. The Labute approximate surface area is 288 Å². The number of anilines is 4. The zero-order chi connectivity index (χ0) is 35.4. The molecule has 1 saturated carbocycles. The lowest BCUT2D eigenvalue weighted by Crippen LogP contribution is -2.37. The Morgan fingerprint density at radius 3 is 2.04 bits per heavy atom. The van der Waals surface area contributed by atoms with Gasteiger partial charge >= 0.3 is 0 Å². The molecule has 4 heterocycles. The molecule has 12 heteroatoms. The van der Waals surface area contributed by atoms with Gasteiger partial charge in [0.25, 0.3) is 11.8 Å². The first-order valence-corrected chi connectivity index (χ1v) is 16.2. The molecule has 0 atom stereocenters. The minimum absolute atomic E-state index is 0.00167. The van der Waals surface area contributed by atoms with Crippen molar-refractivity contribution in [3.63, 3.8) is 0 Å². The van der Waals surface area contributed by atoms with Crippen molar-refractivity contribution in [1.29, 1.82) is 0 Å². The van der Waals surface area contributed by atoms with Crippen molar-refractivity contribution in [2.45, 2.75) is 64.3 Å². The van der Waals surface area contributed by atoms with Crippen LogP contribution in [0.1, 0.15) is 78.1 Å². The summed E-state index contributed by atoms with van der Waals surface area (Å²) < 4.78 is 14.6. The van der Waals surface area contributed by atoms with E-state index in [-0.39, 0.29) is 29.5 Å². The molecule has 0 bridgehead atoms. The molecule has 2 N–H and O–H groups in total. The van der Waals surface area contributed by atoms with E-state index in [9.17, 15) is 23.6 Å². The van der Waals surface area contributed by atoms with Crippen LogP contribution in [0, 0.1) is 12.7 Å². The summed E-state index contributed by atoms with van der Waals surface area (Å²) >= 11 is 6.34. The monoisotopic (exact) mass is 682 g/mol. The Kier molecular flexibility index (Phi) is 8.52. The minimum Gasteiger partial charge on any atom is -0.321 e. The van der Waals surface area contributed by atoms with Gasteiger partial charge in [-0.1, -0.05) is 11.6 Å². The number of aromatic nitrogens is 2. The molecular formula is C37H36ClFN6O4. The Bertz CT molecular complexity index is 2030. The van der Waals surface area contributed by atoms with Gasteiger partial charge in [-0.15, -0.1) is 0 Å². The van der Waals surface area contributed by atoms with Crippen LogP contribution in [-0.4, -0.2) is 46.7 Å². The SMILES string of the molecule is CC1(C)C(=O)N(C2CC2)c2cc(NC(=O)c3ccncc3)c(F)cc21.Cc1cc(C(=O)Nc2cc3c(cc2Cl)C(C)(C)C(=O)N3C)ccn1. The second kappa shape index (κ2) is 12.4. The van der Waals surface area contributed by atoms with Crippen LogP contribution < -0.4 is 20.4 Å². The molecule has 1 aliphatic carbocycles. The van der Waals surface area contributed by atoms with Crippen molar-refractivity contribution in [1.82, 2.24) is 9.97 Å². The highest BCUT2D eigenvalue weighted by atomic mass is 35.5. The lowest BCUT2D eigenvalue weighted by Gasteiger charge is -2.19. The molecule has 3 aliphatic rings. The summed E-state index contributed by atoms with van der Waals surface area (Å²) in [4.78, 5) is 61.1. The number of nitrogens with zero attached hydrogens (tertiary/aromatic N) is 4. The van der Waals surface area contributed by atoms with E-state index in [0.717, 1.165) is 29.8 Å². The predicted molar refractivity (Wildman–Crippen MR) is 187 cm³/mol. The maximum absolute atomic E-state index is 14.6. The van der Waals surface area contributed by atoms with Gasteiger partial charge in [0.1, 0.15) is 5.82 Å². The number of fused-ring (bicyclic) bond motifs is 2. The second-order valence-electron chi connectivity index (χ2n) is 13.5. The molecule has 49 heavy (non-hydrogen) atoms. The van der Waals surface area contributed by atoms with E-state index in [0.29, 0.717) is 33.1 Å². The van der Waals surface area contributed by atoms with Crippen LogP contribution in [0.5, 0.6) is 0 Å². The summed E-state index contributed by atoms with van der Waals surface area (Å²) in [5.41, 5.74) is 3.82. The molecule has 4 amide bonds. The van der Waals surface area contributed by atoms with Crippen molar-refractivity contribution in [3.8, 4) is 0 Å². The largest absolute Gasteiger partial charge is 0.321 e. The van der Waals surface area contributed by atoms with Crippen molar-refractivity contribution in [2.75, 3.05) is 27.5 Å². The molecular weight excluding hydrogens is 647 g/mol. The third kappa shape index (κ3) is 6.14. The van der Waals surface area contributed by atoms with E-state index in [2.05, 4.69) is 20.6 Å². The third-order valence-electron chi connectivity index (χ3n) is 9.24. The van der Waals surface area contributed by atoms with Crippen LogP contribution in [0.25, 0.3) is 0 Å². The first-order valence-electron chi connectivity index (χ1n) is 15.9. The number of amides is 4. The molecule has 2 aromatic heterocycles. The van der Waals surface area contributed by atoms with E-state index in [1.807, 2.05) is 34.6 Å². The Balaban J connectivity index is 0.000000170. The Hall–Kier alpha value is -5.16. The second-order valence-corrected chi connectivity index (χ2v) is 14.0. The van der Waals surface area contributed by atoms with E-state index in [1.165, 1.54) is 18.5 Å². The highest BCUT2D eigenvalue weighted by molar-refractivity contribution is 6.34. The molecule has 1 fully saturated rings. The van der Waals surface area contributed by atoms with Crippen LogP contribution in [0.15, 0.2) is 67.1 Å². The van der Waals surface area contributed by atoms with Gasteiger partial charge in [-0.3, -0.25) is 29.1 Å². The first kappa shape index (κ1) is 33.7. The summed E-state index contributed by atoms with van der Waals surface area (Å²) in [6.07, 6.45) is 6.51. The smallest absolute Gasteiger partial charge is 0.255 e. The van der Waals surface area contributed by atoms with Gasteiger partial charge in [0.15, 0.2) is 0 Å². The van der Waals surface area contributed by atoms with E-state index in [1.54, 1.807) is 65.5 Å². The molecule has 0 saturated heterocycles. The lowest BCUT2D eigenvalue weighted by molar-refractivity contribution is -0.122. The normalized spacial score (nSPS) is 16.8. The lowest BCUT2D eigenvalue weighted by atomic mass is 9.86. The van der Waals surface area contributed by atoms with Gasteiger partial charge in [-0.2, -0.15) is 0 Å². The standard InChI is InChI=1S/C19H18FN3O2.C18H18ClN3O2/c1-19(2)13-9-14(20)15(22-17(24)11-5-7-21-8-6-11)10-16(13)23(18(19)25)12-3-4-12;1-10-7-11(5-6-20-10)16(23)21-14-9-15-12(8-13(14)19)18(2,3)17(24)22(15)4/h5-10,12H,3-4H2,1-2H3,(H,22,24);5-9H,1-4H3,(H,21,23). The van der Waals surface area contributed by atoms with Crippen molar-refractivity contribution >= 4 is 58.0 Å². The predicted octanol–water partition coefficient (Wildman–Crippen LogP) is 6.81. The number of nitrogens with one attached hydrogen (secondary N) is 2. The zero-order valence-electron chi connectivity index (χ0n) is 28.0. The zero-order valence-corrected chi connectivity index (χ0v) is 28.8. The number of halogens is 2. The number of carbonyl (C=O) groups is 4. The summed E-state index contributed by atoms with van der Waals surface area (Å²) in [6.45, 7) is 9.18. The molecule has 252 valence electrons. The average molecular weight is 683 g/mol. The van der Waals surface area contributed by atoms with Crippen molar-refractivity contribution < 1.29 is 23.6 Å². The fourth-order valence-electron chi connectivity index (χ4n) is 6.24. The number of likely N-dealkylation sites (N-methyl/N-ethyl adjacent to an activating group) is 1. The van der Waals surface area contributed by atoms with E-state index < -0.39 is 22.6 Å².